The molecule has 2 aromatic rings. The summed E-state index contributed by atoms with van der Waals surface area (Å²) in [5.41, 5.74) is 1.09. The molecule has 2 aromatic heterocycles. The molecule has 3 nitrogen and oxygen atoms in total. The third-order valence-electron chi connectivity index (χ3n) is 3.52. The monoisotopic (exact) mass is 326 g/mol. The molecule has 96 valence electrons. The van der Waals surface area contributed by atoms with Crippen LogP contribution in [0.3, 0.4) is 0 Å². The van der Waals surface area contributed by atoms with Gasteiger partial charge in [-0.05, 0) is 53.7 Å². The fraction of sp³-hybridized carbons (Fsp3) is 0.462. The number of halogens is 1. The summed E-state index contributed by atoms with van der Waals surface area (Å²) in [6.45, 7) is 0. The van der Waals surface area contributed by atoms with Crippen LogP contribution in [-0.4, -0.2) is 21.2 Å². The molecule has 0 atom stereocenters. The van der Waals surface area contributed by atoms with Gasteiger partial charge in [0, 0.05) is 5.92 Å². The molecule has 1 aliphatic carbocycles. The molecule has 18 heavy (non-hydrogen) atoms. The van der Waals surface area contributed by atoms with Gasteiger partial charge in [-0.1, -0.05) is 0 Å². The Balaban J connectivity index is 1.77. The molecular formula is C13H15BrN2OS. The van der Waals surface area contributed by atoms with Crippen molar-refractivity contribution >= 4 is 27.3 Å². The van der Waals surface area contributed by atoms with Gasteiger partial charge in [0.25, 0.3) is 0 Å². The standard InChI is InChI=1S/C13H15BrN2OS/c14-12-6-5-11(18-12)10-7-15-13(16-10)8-1-3-9(17)4-2-8/h5-9,17H,1-4H2,(H,15,16). The molecular weight excluding hydrogens is 312 g/mol. The maximum Gasteiger partial charge on any atom is 0.109 e. The minimum absolute atomic E-state index is 0.107. The molecule has 5 heteroatoms. The maximum absolute atomic E-state index is 9.53. The van der Waals surface area contributed by atoms with E-state index in [0.29, 0.717) is 5.92 Å². The third kappa shape index (κ3) is 2.53. The summed E-state index contributed by atoms with van der Waals surface area (Å²) < 4.78 is 1.13. The number of aromatic nitrogens is 2. The van der Waals surface area contributed by atoms with Crippen molar-refractivity contribution in [3.63, 3.8) is 0 Å². The van der Waals surface area contributed by atoms with E-state index >= 15 is 0 Å². The predicted octanol–water partition coefficient (Wildman–Crippen LogP) is 3.92. The Morgan fingerprint density at radius 3 is 2.72 bits per heavy atom. The van der Waals surface area contributed by atoms with Crippen LogP contribution >= 0.6 is 27.3 Å². The number of nitrogens with one attached hydrogen (secondary N) is 1. The van der Waals surface area contributed by atoms with Crippen molar-refractivity contribution in [2.75, 3.05) is 0 Å². The van der Waals surface area contributed by atoms with Crippen LogP contribution in [0.5, 0.6) is 0 Å². The average molecular weight is 327 g/mol. The summed E-state index contributed by atoms with van der Waals surface area (Å²) in [7, 11) is 0. The molecule has 3 rings (SSSR count). The van der Waals surface area contributed by atoms with Crippen LogP contribution in [0.15, 0.2) is 22.1 Å². The zero-order valence-electron chi connectivity index (χ0n) is 9.90. The van der Waals surface area contributed by atoms with E-state index in [0.717, 1.165) is 41.0 Å². The summed E-state index contributed by atoms with van der Waals surface area (Å²) in [4.78, 5) is 9.13. The van der Waals surface area contributed by atoms with Gasteiger partial charge in [-0.25, -0.2) is 4.98 Å². The van der Waals surface area contributed by atoms with Gasteiger partial charge in [0.15, 0.2) is 0 Å². The number of imidazole rings is 1. The molecule has 2 N–H and O–H groups in total. The maximum atomic E-state index is 9.53. The van der Waals surface area contributed by atoms with Crippen LogP contribution in [0.25, 0.3) is 10.6 Å². The molecule has 1 fully saturated rings. The van der Waals surface area contributed by atoms with Crippen molar-refractivity contribution in [3.8, 4) is 10.6 Å². The van der Waals surface area contributed by atoms with E-state index in [9.17, 15) is 5.11 Å². The summed E-state index contributed by atoms with van der Waals surface area (Å²) in [6.07, 6.45) is 5.66. The molecule has 0 amide bonds. The highest BCUT2D eigenvalue weighted by Gasteiger charge is 2.23. The van der Waals surface area contributed by atoms with Crippen molar-refractivity contribution in [1.29, 1.82) is 0 Å². The number of hydrogen-bond donors (Lipinski definition) is 2. The first-order chi connectivity index (χ1) is 8.72. The Hall–Kier alpha value is -0.650. The topological polar surface area (TPSA) is 48.9 Å². The minimum atomic E-state index is -0.107. The average Bonchev–Trinajstić information content (AvgIpc) is 2.98. The normalized spacial score (nSPS) is 24.3. The van der Waals surface area contributed by atoms with Gasteiger partial charge < -0.3 is 10.1 Å². The number of hydrogen-bond acceptors (Lipinski definition) is 3. The van der Waals surface area contributed by atoms with E-state index in [2.05, 4.69) is 38.0 Å². The van der Waals surface area contributed by atoms with Gasteiger partial charge in [-0.2, -0.15) is 0 Å². The zero-order valence-corrected chi connectivity index (χ0v) is 12.3. The van der Waals surface area contributed by atoms with Crippen LogP contribution in [0, 0.1) is 0 Å². The highest BCUT2D eigenvalue weighted by Crippen LogP contribution is 2.34. The van der Waals surface area contributed by atoms with Crippen LogP contribution in [-0.2, 0) is 0 Å². The highest BCUT2D eigenvalue weighted by molar-refractivity contribution is 9.11. The summed E-state index contributed by atoms with van der Waals surface area (Å²) in [5.74, 6) is 1.55. The Kier molecular flexibility index (Phi) is 3.54. The summed E-state index contributed by atoms with van der Waals surface area (Å²) >= 11 is 5.18. The smallest absolute Gasteiger partial charge is 0.109 e. The van der Waals surface area contributed by atoms with Gasteiger partial charge in [0.05, 0.1) is 26.7 Å². The second-order valence-corrected chi connectivity index (χ2v) is 7.25. The van der Waals surface area contributed by atoms with E-state index in [1.54, 1.807) is 11.3 Å². The zero-order chi connectivity index (χ0) is 12.5. The van der Waals surface area contributed by atoms with Crippen LogP contribution in [0.4, 0.5) is 0 Å². The summed E-state index contributed by atoms with van der Waals surface area (Å²) in [5, 5.41) is 9.53. The SMILES string of the molecule is OC1CCC(c2ncc(-c3ccc(Br)s3)[nH]2)CC1. The third-order valence-corrected chi connectivity index (χ3v) is 5.17. The van der Waals surface area contributed by atoms with Crippen LogP contribution < -0.4 is 0 Å². The molecule has 0 aromatic carbocycles. The fourth-order valence-corrected chi connectivity index (χ4v) is 3.83. The second kappa shape index (κ2) is 5.15. The number of nitrogens with zero attached hydrogens (tertiary/aromatic N) is 1. The highest BCUT2D eigenvalue weighted by atomic mass is 79.9. The van der Waals surface area contributed by atoms with Crippen molar-refractivity contribution in [1.82, 2.24) is 9.97 Å². The van der Waals surface area contributed by atoms with E-state index in [4.69, 9.17) is 0 Å². The molecule has 1 aliphatic rings. The van der Waals surface area contributed by atoms with E-state index in [1.807, 2.05) is 6.20 Å². The molecule has 0 bridgehead atoms. The molecule has 0 saturated heterocycles. The lowest BCUT2D eigenvalue weighted by molar-refractivity contribution is 0.121. The first-order valence-corrected chi connectivity index (χ1v) is 7.82. The van der Waals surface area contributed by atoms with Gasteiger partial charge in [-0.15, -0.1) is 11.3 Å². The van der Waals surface area contributed by atoms with Crippen LogP contribution in [0.2, 0.25) is 0 Å². The van der Waals surface area contributed by atoms with E-state index in [-0.39, 0.29) is 6.10 Å². The predicted molar refractivity (Wildman–Crippen MR) is 76.8 cm³/mol. The quantitative estimate of drug-likeness (QED) is 0.878. The molecule has 2 heterocycles. The number of aliphatic hydroxyl groups excluding tert-OH is 1. The number of aromatic amines is 1. The van der Waals surface area contributed by atoms with Gasteiger partial charge in [0.1, 0.15) is 5.82 Å². The van der Waals surface area contributed by atoms with Crippen molar-refractivity contribution < 1.29 is 5.11 Å². The Morgan fingerprint density at radius 1 is 1.28 bits per heavy atom. The van der Waals surface area contributed by atoms with Crippen molar-refractivity contribution in [2.24, 2.45) is 0 Å². The fourth-order valence-electron chi connectivity index (χ4n) is 2.48. The van der Waals surface area contributed by atoms with E-state index < -0.39 is 0 Å². The molecule has 0 radical (unpaired) electrons. The van der Waals surface area contributed by atoms with Crippen LogP contribution in [0.1, 0.15) is 37.4 Å². The second-order valence-electron chi connectivity index (χ2n) is 4.79. The lowest BCUT2D eigenvalue weighted by atomic mass is 9.87. The number of aliphatic hydroxyl groups is 1. The van der Waals surface area contributed by atoms with Crippen molar-refractivity contribution in [2.45, 2.75) is 37.7 Å². The summed E-state index contributed by atoms with van der Waals surface area (Å²) in [6, 6.07) is 4.15. The number of rotatable bonds is 2. The lowest BCUT2D eigenvalue weighted by Gasteiger charge is -2.23. The van der Waals surface area contributed by atoms with Crippen molar-refractivity contribution in [3.05, 3.63) is 27.9 Å². The lowest BCUT2D eigenvalue weighted by Crippen LogP contribution is -2.17. The van der Waals surface area contributed by atoms with Gasteiger partial charge in [0.2, 0.25) is 0 Å². The Labute approximate surface area is 118 Å². The Morgan fingerprint density at radius 2 is 2.06 bits per heavy atom. The molecule has 0 aliphatic heterocycles. The molecule has 1 saturated carbocycles. The minimum Gasteiger partial charge on any atom is -0.393 e. The van der Waals surface area contributed by atoms with Gasteiger partial charge >= 0.3 is 0 Å². The number of thiophene rings is 1. The number of H-pyrrole nitrogens is 1. The Bertz CT molecular complexity index is 529. The molecule has 0 unspecified atom stereocenters. The largest absolute Gasteiger partial charge is 0.393 e. The first kappa shape index (κ1) is 12.4. The first-order valence-electron chi connectivity index (χ1n) is 6.21. The van der Waals surface area contributed by atoms with Gasteiger partial charge in [-0.3, -0.25) is 0 Å². The molecule has 0 spiro atoms. The van der Waals surface area contributed by atoms with E-state index in [1.165, 1.54) is 4.88 Å².